The lowest BCUT2D eigenvalue weighted by molar-refractivity contribution is -0.138. The second-order valence-corrected chi connectivity index (χ2v) is 9.74. The molecule has 7 nitrogen and oxygen atoms in total. The summed E-state index contributed by atoms with van der Waals surface area (Å²) in [6, 6.07) is 9.34. The lowest BCUT2D eigenvalue weighted by Gasteiger charge is -2.28. The summed E-state index contributed by atoms with van der Waals surface area (Å²) in [6.45, 7) is 4.72. The first-order valence-electron chi connectivity index (χ1n) is 13.2. The fourth-order valence-electron chi connectivity index (χ4n) is 4.48. The highest BCUT2D eigenvalue weighted by Crippen LogP contribution is 2.32. The third-order valence-corrected chi connectivity index (χ3v) is 6.70. The van der Waals surface area contributed by atoms with Crippen molar-refractivity contribution < 1.29 is 37.3 Å². The summed E-state index contributed by atoms with van der Waals surface area (Å²) in [6.07, 6.45) is -3.33. The van der Waals surface area contributed by atoms with Crippen LogP contribution in [0.15, 0.2) is 42.5 Å². The largest absolute Gasteiger partial charge is 0.493 e. The quantitative estimate of drug-likeness (QED) is 0.264. The van der Waals surface area contributed by atoms with Gasteiger partial charge in [-0.25, -0.2) is 0 Å². The third kappa shape index (κ3) is 10.3. The zero-order valence-corrected chi connectivity index (χ0v) is 23.1. The number of benzene rings is 2. The zero-order chi connectivity index (χ0) is 29.0. The lowest BCUT2D eigenvalue weighted by Crippen LogP contribution is -2.50. The Morgan fingerprint density at radius 1 is 1.10 bits per heavy atom. The molecule has 4 N–H and O–H groups in total. The number of nitrogens with two attached hydrogens (primary N) is 1. The van der Waals surface area contributed by atoms with E-state index in [2.05, 4.69) is 5.32 Å². The van der Waals surface area contributed by atoms with E-state index in [1.165, 1.54) is 18.2 Å². The Hall–Kier alpha value is -2.82. The van der Waals surface area contributed by atoms with Crippen LogP contribution in [-0.2, 0) is 28.5 Å². The van der Waals surface area contributed by atoms with Crippen molar-refractivity contribution in [3.63, 3.8) is 0 Å². The molecule has 0 radical (unpaired) electrons. The maximum absolute atomic E-state index is 13.2. The van der Waals surface area contributed by atoms with Crippen LogP contribution < -0.4 is 20.5 Å². The molecule has 0 fully saturated rings. The van der Waals surface area contributed by atoms with Crippen molar-refractivity contribution in [3.8, 4) is 11.5 Å². The van der Waals surface area contributed by atoms with Crippen molar-refractivity contribution in [1.29, 1.82) is 0 Å². The van der Waals surface area contributed by atoms with Crippen LogP contribution in [0.4, 0.5) is 13.2 Å². The Labute approximate surface area is 228 Å². The molecule has 0 heterocycles. The van der Waals surface area contributed by atoms with Crippen LogP contribution in [0.2, 0.25) is 0 Å². The molecule has 0 aliphatic heterocycles. The molecule has 10 heteroatoms. The average molecular weight is 555 g/mol. The number of aliphatic hydroxyl groups is 1. The van der Waals surface area contributed by atoms with Gasteiger partial charge in [0.15, 0.2) is 11.5 Å². The normalized spacial score (nSPS) is 14.8. The van der Waals surface area contributed by atoms with Gasteiger partial charge in [0.1, 0.15) is 0 Å². The molecule has 0 saturated carbocycles. The van der Waals surface area contributed by atoms with Crippen LogP contribution in [0, 0.1) is 5.92 Å². The van der Waals surface area contributed by atoms with Crippen LogP contribution in [-0.4, -0.2) is 56.6 Å². The highest BCUT2D eigenvalue weighted by molar-refractivity contribution is 5.79. The van der Waals surface area contributed by atoms with Crippen LogP contribution in [0.25, 0.3) is 0 Å². The monoisotopic (exact) mass is 554 g/mol. The van der Waals surface area contributed by atoms with E-state index in [0.717, 1.165) is 24.5 Å². The molecular formula is C29H41F3N2O5. The molecule has 2 aromatic rings. The number of ether oxygens (including phenoxy) is 3. The number of carbonyl (C=O) groups is 1. The maximum atomic E-state index is 13.2. The molecule has 0 aliphatic carbocycles. The summed E-state index contributed by atoms with van der Waals surface area (Å²) in [5.41, 5.74) is 6.39. The Kier molecular flexibility index (Phi) is 13.0. The van der Waals surface area contributed by atoms with Crippen molar-refractivity contribution in [3.05, 3.63) is 59.2 Å². The number of alkyl halides is 3. The van der Waals surface area contributed by atoms with Gasteiger partial charge in [-0.3, -0.25) is 4.79 Å². The van der Waals surface area contributed by atoms with Crippen molar-refractivity contribution in [2.45, 2.75) is 70.3 Å². The maximum Gasteiger partial charge on any atom is 0.416 e. The molecule has 2 rings (SSSR count). The number of methoxy groups -OCH3 is 2. The predicted octanol–water partition coefficient (Wildman–Crippen LogP) is 4.52. The number of aliphatic hydroxyl groups excluding tert-OH is 1. The van der Waals surface area contributed by atoms with E-state index in [1.807, 2.05) is 25.1 Å². The molecule has 39 heavy (non-hydrogen) atoms. The fraction of sp³-hybridized carbons (Fsp3) is 0.552. The van der Waals surface area contributed by atoms with E-state index in [4.69, 9.17) is 19.9 Å². The first kappa shape index (κ1) is 32.4. The minimum absolute atomic E-state index is 0.124. The van der Waals surface area contributed by atoms with Crippen LogP contribution in [0.3, 0.4) is 0 Å². The van der Waals surface area contributed by atoms with Gasteiger partial charge in [-0.05, 0) is 55.0 Å². The minimum atomic E-state index is -4.56. The predicted molar refractivity (Wildman–Crippen MR) is 144 cm³/mol. The molecule has 0 spiro atoms. The van der Waals surface area contributed by atoms with Gasteiger partial charge in [0.05, 0.1) is 37.8 Å². The molecule has 0 aromatic heterocycles. The average Bonchev–Trinajstić information content (AvgIpc) is 2.89. The molecule has 1 amide bonds. The Morgan fingerprint density at radius 3 is 2.46 bits per heavy atom. The molecule has 0 saturated heterocycles. The highest BCUT2D eigenvalue weighted by atomic mass is 19.4. The number of hydrogen-bond acceptors (Lipinski definition) is 6. The molecule has 0 aliphatic rings. The van der Waals surface area contributed by atoms with Gasteiger partial charge in [0.2, 0.25) is 5.91 Å². The summed E-state index contributed by atoms with van der Waals surface area (Å²) < 4.78 is 56.1. The fourth-order valence-corrected chi connectivity index (χ4v) is 4.48. The Balaban J connectivity index is 1.96. The first-order chi connectivity index (χ1) is 18.5. The van der Waals surface area contributed by atoms with E-state index in [0.29, 0.717) is 37.6 Å². The number of nitrogens with one attached hydrogen (secondary N) is 1. The lowest BCUT2D eigenvalue weighted by atomic mass is 9.87. The summed E-state index contributed by atoms with van der Waals surface area (Å²) in [5.74, 6) is 0.812. The number of halogens is 3. The van der Waals surface area contributed by atoms with Crippen molar-refractivity contribution >= 4 is 5.91 Å². The van der Waals surface area contributed by atoms with Crippen molar-refractivity contribution in [2.24, 2.45) is 11.7 Å². The van der Waals surface area contributed by atoms with Crippen LogP contribution in [0.5, 0.6) is 11.5 Å². The van der Waals surface area contributed by atoms with E-state index < -0.39 is 42.3 Å². The summed E-state index contributed by atoms with van der Waals surface area (Å²) in [5, 5.41) is 13.4. The standard InChI is InChI=1S/C29H41F3N2O5/c1-5-20(15-21-11-12-25(38-4)26(17-21)39-14-8-13-37-3)16-24(33)28(36)19(2)34-27(35)18-22-9-6-7-10-23(22)29(30,31)32/h6-7,9-12,17,19-20,24,28,36H,5,8,13-16,18,33H2,1-4H3,(H,34,35)/t19?,20-,24-,28+/m0/s1. The summed E-state index contributed by atoms with van der Waals surface area (Å²) in [4.78, 5) is 12.5. The first-order valence-corrected chi connectivity index (χ1v) is 13.2. The molecule has 218 valence electrons. The summed E-state index contributed by atoms with van der Waals surface area (Å²) >= 11 is 0. The van der Waals surface area contributed by atoms with E-state index in [9.17, 15) is 23.1 Å². The number of rotatable bonds is 16. The van der Waals surface area contributed by atoms with Gasteiger partial charge >= 0.3 is 6.18 Å². The van der Waals surface area contributed by atoms with Crippen molar-refractivity contribution in [2.75, 3.05) is 27.4 Å². The topological polar surface area (TPSA) is 103 Å². The van der Waals surface area contributed by atoms with Gasteiger partial charge in [-0.1, -0.05) is 37.6 Å². The van der Waals surface area contributed by atoms with E-state index in [-0.39, 0.29) is 11.5 Å². The SMILES string of the molecule is CC[C@@H](Cc1ccc(OC)c(OCCCOC)c1)C[C@H](N)[C@H](O)C(C)NC(=O)Cc1ccccc1C(F)(F)F. The summed E-state index contributed by atoms with van der Waals surface area (Å²) in [7, 11) is 3.22. The van der Waals surface area contributed by atoms with E-state index >= 15 is 0 Å². The zero-order valence-electron chi connectivity index (χ0n) is 23.1. The second-order valence-electron chi connectivity index (χ2n) is 9.74. The Morgan fingerprint density at radius 2 is 1.82 bits per heavy atom. The van der Waals surface area contributed by atoms with Crippen LogP contribution >= 0.6 is 0 Å². The van der Waals surface area contributed by atoms with Crippen LogP contribution in [0.1, 0.15) is 49.8 Å². The number of amides is 1. The van der Waals surface area contributed by atoms with Gasteiger partial charge in [-0.15, -0.1) is 0 Å². The smallest absolute Gasteiger partial charge is 0.416 e. The van der Waals surface area contributed by atoms with Gasteiger partial charge in [0, 0.05) is 26.2 Å². The van der Waals surface area contributed by atoms with Gasteiger partial charge < -0.3 is 30.4 Å². The molecule has 1 unspecified atom stereocenters. The van der Waals surface area contributed by atoms with E-state index in [1.54, 1.807) is 21.1 Å². The van der Waals surface area contributed by atoms with Gasteiger partial charge in [-0.2, -0.15) is 13.2 Å². The third-order valence-electron chi connectivity index (χ3n) is 6.70. The molecular weight excluding hydrogens is 513 g/mol. The number of hydrogen-bond donors (Lipinski definition) is 3. The Bertz CT molecular complexity index is 1030. The number of carbonyl (C=O) groups excluding carboxylic acids is 1. The highest BCUT2D eigenvalue weighted by Gasteiger charge is 2.33. The molecule has 4 atom stereocenters. The van der Waals surface area contributed by atoms with Gasteiger partial charge in [0.25, 0.3) is 0 Å². The molecule has 0 bridgehead atoms. The van der Waals surface area contributed by atoms with Crippen molar-refractivity contribution in [1.82, 2.24) is 5.32 Å². The second kappa shape index (κ2) is 15.7. The minimum Gasteiger partial charge on any atom is -0.493 e. The molecule has 2 aromatic carbocycles.